The minimum atomic E-state index is -0.479. The van der Waals surface area contributed by atoms with E-state index in [1.807, 2.05) is 42.5 Å². The van der Waals surface area contributed by atoms with Crippen molar-refractivity contribution >= 4 is 17.1 Å². The van der Waals surface area contributed by atoms with E-state index in [0.29, 0.717) is 5.82 Å². The molecular weight excluding hydrogens is 611 g/mol. The SMILES string of the molecule is c1ccc(-c2cc(-c3ccccn3)nc(-c3ccccc3N3c4ccccc4C4(c5ccccc5-c5ccccc54)c4ccccc43)n2)nc1. The fraction of sp³-hybridized carbons (Fsp3) is 0.0222. The van der Waals surface area contributed by atoms with Gasteiger partial charge in [0.2, 0.25) is 0 Å². The molecule has 5 nitrogen and oxygen atoms in total. The normalized spacial score (nSPS) is 13.3. The van der Waals surface area contributed by atoms with Gasteiger partial charge in [0.25, 0.3) is 0 Å². The maximum atomic E-state index is 5.17. The van der Waals surface area contributed by atoms with Crippen LogP contribution in [0.25, 0.3) is 45.3 Å². The average molecular weight is 640 g/mol. The first-order valence-electron chi connectivity index (χ1n) is 16.8. The molecule has 0 bridgehead atoms. The zero-order valence-electron chi connectivity index (χ0n) is 27.0. The van der Waals surface area contributed by atoms with E-state index >= 15 is 0 Å². The lowest BCUT2D eigenvalue weighted by atomic mass is 9.64. The smallest absolute Gasteiger partial charge is 0.162 e. The largest absolute Gasteiger partial charge is 0.309 e. The van der Waals surface area contributed by atoms with Crippen LogP contribution in [0, 0.1) is 0 Å². The molecule has 4 heterocycles. The molecule has 0 atom stereocenters. The van der Waals surface area contributed by atoms with Gasteiger partial charge in [0.1, 0.15) is 0 Å². The summed E-state index contributed by atoms with van der Waals surface area (Å²) in [4.78, 5) is 22.0. The summed E-state index contributed by atoms with van der Waals surface area (Å²) in [7, 11) is 0. The Labute approximate surface area is 290 Å². The first kappa shape index (κ1) is 28.3. The van der Waals surface area contributed by atoms with Gasteiger partial charge in [0.15, 0.2) is 5.82 Å². The summed E-state index contributed by atoms with van der Waals surface area (Å²) in [6, 6.07) is 57.7. The molecule has 0 N–H and O–H groups in total. The van der Waals surface area contributed by atoms with Crippen LogP contribution in [-0.4, -0.2) is 19.9 Å². The molecule has 1 aliphatic carbocycles. The lowest BCUT2D eigenvalue weighted by Gasteiger charge is -2.45. The Morgan fingerprint density at radius 3 is 1.28 bits per heavy atom. The minimum absolute atomic E-state index is 0.479. The third-order valence-electron chi connectivity index (χ3n) is 10.0. The highest BCUT2D eigenvalue weighted by Gasteiger charge is 2.51. The molecule has 3 aromatic heterocycles. The number of para-hydroxylation sites is 3. The lowest BCUT2D eigenvalue weighted by Crippen LogP contribution is -2.36. The number of aromatic nitrogens is 4. The first-order chi connectivity index (χ1) is 24.8. The molecule has 5 aromatic carbocycles. The van der Waals surface area contributed by atoms with Crippen LogP contribution in [0.1, 0.15) is 22.3 Å². The molecule has 0 saturated carbocycles. The summed E-state index contributed by atoms with van der Waals surface area (Å²) in [5, 5.41) is 0. The van der Waals surface area contributed by atoms with Gasteiger partial charge in [0, 0.05) is 18.0 Å². The van der Waals surface area contributed by atoms with Crippen molar-refractivity contribution in [2.75, 3.05) is 4.90 Å². The maximum absolute atomic E-state index is 5.17. The second kappa shape index (κ2) is 11.2. The molecule has 1 spiro atoms. The van der Waals surface area contributed by atoms with Gasteiger partial charge < -0.3 is 4.90 Å². The summed E-state index contributed by atoms with van der Waals surface area (Å²) in [5.41, 5.74) is 14.4. The zero-order valence-corrected chi connectivity index (χ0v) is 27.0. The highest BCUT2D eigenvalue weighted by Crippen LogP contribution is 2.63. The minimum Gasteiger partial charge on any atom is -0.309 e. The number of benzene rings is 5. The van der Waals surface area contributed by atoms with E-state index in [4.69, 9.17) is 9.97 Å². The van der Waals surface area contributed by atoms with E-state index in [1.54, 1.807) is 12.4 Å². The molecule has 5 heteroatoms. The third-order valence-corrected chi connectivity index (χ3v) is 10.0. The number of anilines is 3. The molecule has 0 unspecified atom stereocenters. The molecule has 1 aliphatic heterocycles. The van der Waals surface area contributed by atoms with Gasteiger partial charge in [-0.15, -0.1) is 0 Å². The second-order valence-corrected chi connectivity index (χ2v) is 12.6. The number of hydrogen-bond acceptors (Lipinski definition) is 5. The van der Waals surface area contributed by atoms with E-state index in [9.17, 15) is 0 Å². The standard InChI is InChI=1S/C45H29N5/c1-4-18-33-30(15-1)31-16-2-5-19-34(31)45(33)35-20-6-9-25-42(35)50(43-26-10-7-21-36(43)45)41-24-8-3-17-32(41)44-48-39(37-22-11-13-27-46-37)29-40(49-44)38-23-12-14-28-47-38/h1-29H. The van der Waals surface area contributed by atoms with Gasteiger partial charge in [-0.1, -0.05) is 109 Å². The van der Waals surface area contributed by atoms with Crippen LogP contribution < -0.4 is 4.90 Å². The van der Waals surface area contributed by atoms with Crippen LogP contribution in [0.15, 0.2) is 176 Å². The molecule has 0 saturated heterocycles. The van der Waals surface area contributed by atoms with Crippen molar-refractivity contribution in [1.29, 1.82) is 0 Å². The summed E-state index contributed by atoms with van der Waals surface area (Å²) < 4.78 is 0. The number of fused-ring (bicyclic) bond motifs is 9. The van der Waals surface area contributed by atoms with Crippen molar-refractivity contribution in [3.63, 3.8) is 0 Å². The Kier molecular flexibility index (Phi) is 6.33. The summed E-state index contributed by atoms with van der Waals surface area (Å²) in [5.74, 6) is 0.608. The van der Waals surface area contributed by atoms with Crippen LogP contribution >= 0.6 is 0 Å². The highest BCUT2D eigenvalue weighted by molar-refractivity contribution is 5.98. The summed E-state index contributed by atoms with van der Waals surface area (Å²) in [6.45, 7) is 0. The van der Waals surface area contributed by atoms with E-state index in [1.165, 1.54) is 33.4 Å². The average Bonchev–Trinajstić information content (AvgIpc) is 3.49. The van der Waals surface area contributed by atoms with E-state index in [2.05, 4.69) is 136 Å². The van der Waals surface area contributed by atoms with Crippen molar-refractivity contribution < 1.29 is 0 Å². The van der Waals surface area contributed by atoms with Crippen LogP contribution in [-0.2, 0) is 5.41 Å². The lowest BCUT2D eigenvalue weighted by molar-refractivity contribution is 0.752. The Morgan fingerprint density at radius 1 is 0.360 bits per heavy atom. The van der Waals surface area contributed by atoms with Gasteiger partial charge >= 0.3 is 0 Å². The topological polar surface area (TPSA) is 54.8 Å². The molecule has 2 aliphatic rings. The van der Waals surface area contributed by atoms with Crippen LogP contribution in [0.4, 0.5) is 17.1 Å². The predicted octanol–water partition coefficient (Wildman–Crippen LogP) is 10.4. The van der Waals surface area contributed by atoms with Crippen molar-refractivity contribution in [3.8, 4) is 45.3 Å². The molecule has 234 valence electrons. The van der Waals surface area contributed by atoms with Gasteiger partial charge in [-0.3, -0.25) is 9.97 Å². The molecular formula is C45H29N5. The quantitative estimate of drug-likeness (QED) is 0.192. The van der Waals surface area contributed by atoms with Crippen LogP contribution in [0.3, 0.4) is 0 Å². The summed E-state index contributed by atoms with van der Waals surface area (Å²) >= 11 is 0. The van der Waals surface area contributed by atoms with Gasteiger partial charge in [0.05, 0.1) is 45.3 Å². The van der Waals surface area contributed by atoms with E-state index < -0.39 is 5.41 Å². The number of pyridine rings is 2. The number of hydrogen-bond donors (Lipinski definition) is 0. The fourth-order valence-electron chi connectivity index (χ4n) is 8.04. The van der Waals surface area contributed by atoms with Crippen molar-refractivity contribution in [2.24, 2.45) is 0 Å². The monoisotopic (exact) mass is 639 g/mol. The van der Waals surface area contributed by atoms with Crippen molar-refractivity contribution in [1.82, 2.24) is 19.9 Å². The molecule has 0 amide bonds. The molecule has 0 radical (unpaired) electrons. The maximum Gasteiger partial charge on any atom is 0.162 e. The highest BCUT2D eigenvalue weighted by atomic mass is 15.2. The van der Waals surface area contributed by atoms with Crippen molar-refractivity contribution in [3.05, 3.63) is 198 Å². The molecule has 8 aromatic rings. The summed E-state index contributed by atoms with van der Waals surface area (Å²) in [6.07, 6.45) is 3.59. The molecule has 50 heavy (non-hydrogen) atoms. The van der Waals surface area contributed by atoms with Crippen LogP contribution in [0.5, 0.6) is 0 Å². The Bertz CT molecular complexity index is 2410. The molecule has 0 fully saturated rings. The van der Waals surface area contributed by atoms with E-state index in [0.717, 1.165) is 45.4 Å². The van der Waals surface area contributed by atoms with Gasteiger partial charge in [-0.05, 0) is 88.0 Å². The first-order valence-corrected chi connectivity index (χ1v) is 16.8. The van der Waals surface area contributed by atoms with E-state index in [-0.39, 0.29) is 0 Å². The predicted molar refractivity (Wildman–Crippen MR) is 199 cm³/mol. The number of rotatable bonds is 4. The van der Waals surface area contributed by atoms with Crippen LogP contribution in [0.2, 0.25) is 0 Å². The third kappa shape index (κ3) is 4.07. The Morgan fingerprint density at radius 2 is 0.780 bits per heavy atom. The Hall–Kier alpha value is -6.72. The molecule has 10 rings (SSSR count). The zero-order chi connectivity index (χ0) is 33.1. The Balaban J connectivity index is 1.24. The van der Waals surface area contributed by atoms with Crippen molar-refractivity contribution in [2.45, 2.75) is 5.41 Å². The fourth-order valence-corrected chi connectivity index (χ4v) is 8.04. The second-order valence-electron chi connectivity index (χ2n) is 12.6. The van der Waals surface area contributed by atoms with Gasteiger partial charge in [-0.2, -0.15) is 0 Å². The number of nitrogens with zero attached hydrogens (tertiary/aromatic N) is 5. The van der Waals surface area contributed by atoms with Gasteiger partial charge in [-0.25, -0.2) is 9.97 Å².